The van der Waals surface area contributed by atoms with Crippen molar-refractivity contribution in [2.24, 2.45) is 5.92 Å². The molecule has 3 rings (SSSR count). The van der Waals surface area contributed by atoms with Gasteiger partial charge in [0.05, 0.1) is 19.2 Å². The second-order valence-corrected chi connectivity index (χ2v) is 8.21. The van der Waals surface area contributed by atoms with E-state index in [-0.39, 0.29) is 42.4 Å². The molecule has 1 aliphatic heterocycles. The van der Waals surface area contributed by atoms with E-state index in [9.17, 15) is 14.7 Å². The Balaban J connectivity index is 2.00. The highest BCUT2D eigenvalue weighted by Gasteiger charge is 2.34. The van der Waals surface area contributed by atoms with Crippen LogP contribution in [-0.4, -0.2) is 70.6 Å². The molecule has 0 bridgehead atoms. The van der Waals surface area contributed by atoms with E-state index in [1.165, 1.54) is 6.92 Å². The van der Waals surface area contributed by atoms with Gasteiger partial charge in [-0.3, -0.25) is 9.59 Å². The molecular weight excluding hydrogens is 406 g/mol. The second-order valence-electron chi connectivity index (χ2n) is 8.21. The van der Waals surface area contributed by atoms with Crippen LogP contribution in [0.2, 0.25) is 0 Å². The van der Waals surface area contributed by atoms with Crippen LogP contribution in [0.25, 0.3) is 0 Å². The van der Waals surface area contributed by atoms with Crippen molar-refractivity contribution >= 4 is 11.8 Å². The van der Waals surface area contributed by atoms with Gasteiger partial charge in [0.15, 0.2) is 0 Å². The molecule has 0 saturated carbocycles. The van der Waals surface area contributed by atoms with E-state index in [2.05, 4.69) is 16.8 Å². The Bertz CT molecular complexity index is 1030. The summed E-state index contributed by atoms with van der Waals surface area (Å²) in [6, 6.07) is 10.9. The van der Waals surface area contributed by atoms with Gasteiger partial charge in [-0.25, -0.2) is 4.98 Å². The standard InChI is InChI=1S/C25H29N3O4/c1-17-14-28(18(2)16-29)25(31)22-12-21(11-10-20-8-6-5-7-9-20)13-26-24(22)32-23(17)15-27(4)19(3)30/h5-9,12-13,17-18,23,29H,14-16H2,1-4H3/t17-,18-,23+/m1/s1. The number of rotatable bonds is 4. The van der Waals surface area contributed by atoms with Crippen LogP contribution in [0.1, 0.15) is 42.3 Å². The smallest absolute Gasteiger partial charge is 0.259 e. The Kier molecular flexibility index (Phi) is 7.49. The number of benzene rings is 1. The van der Waals surface area contributed by atoms with Crippen LogP contribution < -0.4 is 4.74 Å². The van der Waals surface area contributed by atoms with Gasteiger partial charge in [0.25, 0.3) is 5.91 Å². The predicted molar refractivity (Wildman–Crippen MR) is 121 cm³/mol. The number of fused-ring (bicyclic) bond motifs is 1. The van der Waals surface area contributed by atoms with Crippen LogP contribution in [0.4, 0.5) is 0 Å². The summed E-state index contributed by atoms with van der Waals surface area (Å²) in [6.07, 6.45) is 1.22. The van der Waals surface area contributed by atoms with Gasteiger partial charge in [0, 0.05) is 43.8 Å². The summed E-state index contributed by atoms with van der Waals surface area (Å²) < 4.78 is 6.16. The Labute approximate surface area is 189 Å². The SMILES string of the molecule is CC(=O)N(C)C[C@@H]1Oc2ncc(C#Cc3ccccc3)cc2C(=O)N([C@H](C)CO)C[C@H]1C. The number of nitrogens with zero attached hydrogens (tertiary/aromatic N) is 3. The predicted octanol–water partition coefficient (Wildman–Crippen LogP) is 2.18. The molecule has 0 radical (unpaired) electrons. The number of aromatic nitrogens is 1. The van der Waals surface area contributed by atoms with E-state index in [1.807, 2.05) is 37.3 Å². The Morgan fingerprint density at radius 1 is 1.31 bits per heavy atom. The summed E-state index contributed by atoms with van der Waals surface area (Å²) in [5.74, 6) is 5.92. The highest BCUT2D eigenvalue weighted by atomic mass is 16.5. The summed E-state index contributed by atoms with van der Waals surface area (Å²) in [6.45, 7) is 5.86. The molecule has 1 aromatic heterocycles. The Hall–Kier alpha value is -3.37. The fourth-order valence-corrected chi connectivity index (χ4v) is 3.45. The minimum absolute atomic E-state index is 0.0702. The number of carbonyl (C=O) groups is 2. The van der Waals surface area contributed by atoms with E-state index >= 15 is 0 Å². The van der Waals surface area contributed by atoms with Gasteiger partial charge in [-0.15, -0.1) is 0 Å². The first-order valence-electron chi connectivity index (χ1n) is 10.7. The molecule has 1 aliphatic rings. The molecule has 1 aromatic carbocycles. The van der Waals surface area contributed by atoms with Crippen LogP contribution in [0.15, 0.2) is 42.6 Å². The van der Waals surface area contributed by atoms with Gasteiger partial charge < -0.3 is 19.6 Å². The van der Waals surface area contributed by atoms with E-state index in [0.29, 0.717) is 24.2 Å². The van der Waals surface area contributed by atoms with Crippen molar-refractivity contribution in [3.8, 4) is 17.7 Å². The minimum atomic E-state index is -0.374. The van der Waals surface area contributed by atoms with E-state index in [1.54, 1.807) is 36.0 Å². The monoisotopic (exact) mass is 435 g/mol. The molecule has 1 N–H and O–H groups in total. The zero-order chi connectivity index (χ0) is 23.3. The molecule has 0 unspecified atom stereocenters. The fourth-order valence-electron chi connectivity index (χ4n) is 3.45. The number of aliphatic hydroxyl groups excluding tert-OH is 1. The Morgan fingerprint density at radius 2 is 2.00 bits per heavy atom. The average Bonchev–Trinajstić information content (AvgIpc) is 2.80. The summed E-state index contributed by atoms with van der Waals surface area (Å²) in [5.41, 5.74) is 1.75. The van der Waals surface area contributed by atoms with Crippen molar-refractivity contribution in [2.45, 2.75) is 32.9 Å². The molecule has 3 atom stereocenters. The van der Waals surface area contributed by atoms with Crippen LogP contribution >= 0.6 is 0 Å². The van der Waals surface area contributed by atoms with Crippen LogP contribution in [0.5, 0.6) is 5.88 Å². The normalized spacial score (nSPS) is 18.9. The van der Waals surface area contributed by atoms with Crippen LogP contribution in [0, 0.1) is 17.8 Å². The first-order valence-corrected chi connectivity index (χ1v) is 10.7. The van der Waals surface area contributed by atoms with Crippen molar-refractivity contribution in [1.82, 2.24) is 14.8 Å². The molecule has 2 aromatic rings. The first-order chi connectivity index (χ1) is 15.3. The molecule has 2 amide bonds. The van der Waals surface area contributed by atoms with Gasteiger partial charge in [0.1, 0.15) is 11.7 Å². The zero-order valence-corrected chi connectivity index (χ0v) is 18.9. The maximum absolute atomic E-state index is 13.4. The highest BCUT2D eigenvalue weighted by molar-refractivity contribution is 5.97. The van der Waals surface area contributed by atoms with Crippen LogP contribution in [0.3, 0.4) is 0 Å². The highest BCUT2D eigenvalue weighted by Crippen LogP contribution is 2.27. The minimum Gasteiger partial charge on any atom is -0.472 e. The zero-order valence-electron chi connectivity index (χ0n) is 18.9. The number of ether oxygens (including phenoxy) is 1. The average molecular weight is 436 g/mol. The maximum Gasteiger partial charge on any atom is 0.259 e. The number of amides is 2. The third kappa shape index (κ3) is 5.45. The lowest BCUT2D eigenvalue weighted by Crippen LogP contribution is -2.50. The molecule has 0 fully saturated rings. The lowest BCUT2D eigenvalue weighted by molar-refractivity contribution is -0.129. The Morgan fingerprint density at radius 3 is 2.66 bits per heavy atom. The van der Waals surface area contributed by atoms with Gasteiger partial charge in [0.2, 0.25) is 11.8 Å². The lowest BCUT2D eigenvalue weighted by Gasteiger charge is -2.37. The fraction of sp³-hybridized carbons (Fsp3) is 0.400. The van der Waals surface area contributed by atoms with Gasteiger partial charge in [-0.2, -0.15) is 0 Å². The molecule has 0 spiro atoms. The number of carbonyl (C=O) groups excluding carboxylic acids is 2. The molecule has 2 heterocycles. The summed E-state index contributed by atoms with van der Waals surface area (Å²) in [4.78, 5) is 32.8. The van der Waals surface area contributed by atoms with Crippen molar-refractivity contribution in [3.05, 3.63) is 59.3 Å². The van der Waals surface area contributed by atoms with Crippen molar-refractivity contribution in [1.29, 1.82) is 0 Å². The third-order valence-electron chi connectivity index (χ3n) is 5.64. The van der Waals surface area contributed by atoms with Gasteiger partial charge >= 0.3 is 0 Å². The van der Waals surface area contributed by atoms with Crippen molar-refractivity contribution in [3.63, 3.8) is 0 Å². The van der Waals surface area contributed by atoms with Crippen molar-refractivity contribution in [2.75, 3.05) is 26.7 Å². The summed E-state index contributed by atoms with van der Waals surface area (Å²) in [7, 11) is 1.72. The topological polar surface area (TPSA) is 83.0 Å². The maximum atomic E-state index is 13.4. The molecule has 32 heavy (non-hydrogen) atoms. The quantitative estimate of drug-likeness (QED) is 0.745. The van der Waals surface area contributed by atoms with Crippen LogP contribution in [-0.2, 0) is 4.79 Å². The molecule has 7 nitrogen and oxygen atoms in total. The van der Waals surface area contributed by atoms with E-state index < -0.39 is 0 Å². The number of pyridine rings is 1. The number of hydrogen-bond acceptors (Lipinski definition) is 5. The third-order valence-corrected chi connectivity index (χ3v) is 5.64. The largest absolute Gasteiger partial charge is 0.472 e. The van der Waals surface area contributed by atoms with Crippen molar-refractivity contribution < 1.29 is 19.4 Å². The number of hydrogen-bond donors (Lipinski definition) is 1. The molecule has 168 valence electrons. The number of likely N-dealkylation sites (N-methyl/N-ethyl adjacent to an activating group) is 1. The van der Waals surface area contributed by atoms with E-state index in [0.717, 1.165) is 5.56 Å². The second kappa shape index (κ2) is 10.3. The lowest BCUT2D eigenvalue weighted by atomic mass is 10.00. The first kappa shape index (κ1) is 23.3. The number of aliphatic hydroxyl groups is 1. The summed E-state index contributed by atoms with van der Waals surface area (Å²) >= 11 is 0. The van der Waals surface area contributed by atoms with Gasteiger partial charge in [-0.1, -0.05) is 37.0 Å². The van der Waals surface area contributed by atoms with Gasteiger partial charge in [-0.05, 0) is 25.1 Å². The molecule has 0 saturated heterocycles. The molecular formula is C25H29N3O4. The molecule has 7 heteroatoms. The summed E-state index contributed by atoms with van der Waals surface area (Å²) in [5, 5.41) is 9.73. The van der Waals surface area contributed by atoms with E-state index in [4.69, 9.17) is 4.74 Å². The molecule has 0 aliphatic carbocycles.